The van der Waals surface area contributed by atoms with Crippen LogP contribution >= 0.6 is 39.1 Å². The van der Waals surface area contributed by atoms with E-state index < -0.39 is 0 Å². The van der Waals surface area contributed by atoms with Crippen LogP contribution in [0.4, 0.5) is 11.4 Å². The molecule has 180 valence electrons. The molecule has 0 radical (unpaired) electrons. The zero-order valence-electron chi connectivity index (χ0n) is 19.3. The first-order valence-corrected chi connectivity index (χ1v) is 12.5. The summed E-state index contributed by atoms with van der Waals surface area (Å²) in [5.74, 6) is 1.21. The Balaban J connectivity index is 1.67. The normalized spacial score (nSPS) is 10.8. The predicted octanol–water partition coefficient (Wildman–Crippen LogP) is 7.94. The van der Waals surface area contributed by atoms with E-state index in [0.29, 0.717) is 41.3 Å². The molecule has 0 saturated heterocycles. The molecule has 0 bridgehead atoms. The van der Waals surface area contributed by atoms with Gasteiger partial charge in [-0.1, -0.05) is 43.1 Å². The second-order valence-electron chi connectivity index (χ2n) is 7.95. The summed E-state index contributed by atoms with van der Waals surface area (Å²) in [4.78, 5) is 11.8. The highest BCUT2D eigenvalue weighted by Crippen LogP contribution is 2.38. The third-order valence-electron chi connectivity index (χ3n) is 4.91. The van der Waals surface area contributed by atoms with Gasteiger partial charge in [0.25, 0.3) is 0 Å². The summed E-state index contributed by atoms with van der Waals surface area (Å²) in [6.07, 6.45) is 0. The molecule has 0 fully saturated rings. The lowest BCUT2D eigenvalue weighted by Crippen LogP contribution is -2.17. The lowest BCUT2D eigenvalue weighted by Gasteiger charge is -2.16. The minimum absolute atomic E-state index is 0.00418. The Bertz CT molecular complexity index is 1140. The lowest BCUT2D eigenvalue weighted by molar-refractivity contribution is -0.118. The topological polar surface area (TPSA) is 59.6 Å². The van der Waals surface area contributed by atoms with E-state index in [-0.39, 0.29) is 11.8 Å². The minimum atomic E-state index is -0.0632. The Kier molecular flexibility index (Phi) is 9.51. The minimum Gasteiger partial charge on any atom is -0.490 e. The van der Waals surface area contributed by atoms with Crippen molar-refractivity contribution in [2.45, 2.75) is 33.9 Å². The van der Waals surface area contributed by atoms with Crippen molar-refractivity contribution in [3.8, 4) is 11.5 Å². The zero-order valence-corrected chi connectivity index (χ0v) is 22.4. The molecule has 8 heteroatoms. The molecule has 0 heterocycles. The van der Waals surface area contributed by atoms with Gasteiger partial charge in [0.2, 0.25) is 5.91 Å². The third kappa shape index (κ3) is 7.29. The number of carbonyl (C=O) groups excluding carboxylic acids is 1. The van der Waals surface area contributed by atoms with Crippen LogP contribution in [0.1, 0.15) is 31.9 Å². The Morgan fingerprint density at radius 3 is 2.29 bits per heavy atom. The second kappa shape index (κ2) is 12.3. The molecule has 0 aromatic heterocycles. The summed E-state index contributed by atoms with van der Waals surface area (Å²) in [6.45, 7) is 7.08. The highest BCUT2D eigenvalue weighted by molar-refractivity contribution is 9.10. The van der Waals surface area contributed by atoms with E-state index in [1.165, 1.54) is 0 Å². The van der Waals surface area contributed by atoms with Crippen molar-refractivity contribution in [2.75, 3.05) is 17.2 Å². The van der Waals surface area contributed by atoms with Crippen molar-refractivity contribution in [1.82, 2.24) is 0 Å². The van der Waals surface area contributed by atoms with Crippen LogP contribution in [0.5, 0.6) is 11.5 Å². The molecule has 0 saturated carbocycles. The number of hydrogen-bond acceptors (Lipinski definition) is 4. The number of ether oxygens (including phenoxy) is 2. The smallest absolute Gasteiger partial charge is 0.226 e. The molecule has 0 unspecified atom stereocenters. The van der Waals surface area contributed by atoms with Crippen LogP contribution in [0.15, 0.2) is 59.1 Å². The van der Waals surface area contributed by atoms with Crippen LogP contribution in [-0.2, 0) is 17.9 Å². The van der Waals surface area contributed by atoms with Crippen molar-refractivity contribution in [1.29, 1.82) is 0 Å². The van der Waals surface area contributed by atoms with E-state index in [9.17, 15) is 4.79 Å². The number of amides is 1. The van der Waals surface area contributed by atoms with E-state index in [4.69, 9.17) is 32.7 Å². The molecule has 3 rings (SSSR count). The first-order chi connectivity index (χ1) is 16.3. The van der Waals surface area contributed by atoms with E-state index in [1.807, 2.05) is 63.2 Å². The summed E-state index contributed by atoms with van der Waals surface area (Å²) >= 11 is 15.7. The molecular formula is C26H27BrCl2N2O3. The fraction of sp³-hybridized carbons (Fsp3) is 0.269. The maximum absolute atomic E-state index is 11.8. The van der Waals surface area contributed by atoms with Crippen LogP contribution in [0.3, 0.4) is 0 Å². The van der Waals surface area contributed by atoms with Crippen molar-refractivity contribution >= 4 is 56.4 Å². The summed E-state index contributed by atoms with van der Waals surface area (Å²) in [6, 6.07) is 17.0. The molecule has 2 N–H and O–H groups in total. The number of halogens is 3. The maximum atomic E-state index is 11.8. The molecule has 0 aliphatic rings. The van der Waals surface area contributed by atoms with Gasteiger partial charge in [0.1, 0.15) is 6.61 Å². The van der Waals surface area contributed by atoms with Crippen LogP contribution in [-0.4, -0.2) is 12.5 Å². The summed E-state index contributed by atoms with van der Waals surface area (Å²) in [5.41, 5.74) is 3.64. The number of rotatable bonds is 10. The molecule has 0 aliphatic carbocycles. The average Bonchev–Trinajstić information content (AvgIpc) is 2.80. The van der Waals surface area contributed by atoms with E-state index >= 15 is 0 Å². The first kappa shape index (κ1) is 26.2. The van der Waals surface area contributed by atoms with Crippen molar-refractivity contribution in [2.24, 2.45) is 5.92 Å². The van der Waals surface area contributed by atoms with Gasteiger partial charge in [-0.2, -0.15) is 0 Å². The fourth-order valence-corrected chi connectivity index (χ4v) is 4.00. The van der Waals surface area contributed by atoms with E-state index in [1.54, 1.807) is 12.1 Å². The molecule has 34 heavy (non-hydrogen) atoms. The molecule has 3 aromatic rings. The highest BCUT2D eigenvalue weighted by Gasteiger charge is 2.13. The van der Waals surface area contributed by atoms with Crippen LogP contribution in [0, 0.1) is 5.92 Å². The van der Waals surface area contributed by atoms with Crippen molar-refractivity contribution < 1.29 is 14.3 Å². The van der Waals surface area contributed by atoms with Gasteiger partial charge in [-0.25, -0.2) is 0 Å². The Hall–Kier alpha value is -2.41. The first-order valence-electron chi connectivity index (χ1n) is 10.9. The monoisotopic (exact) mass is 564 g/mol. The molecule has 1 amide bonds. The number of nitrogens with one attached hydrogen (secondary N) is 2. The van der Waals surface area contributed by atoms with Gasteiger partial charge in [0.05, 0.1) is 21.1 Å². The standard InChI is InChI=1S/C26H27BrCl2N2O3/c1-4-33-24-13-18(14-30-19-6-8-20(9-7-19)31-26(32)16(2)3)11-21(27)25(24)34-15-17-5-10-22(28)23(29)12-17/h5-13,16,30H,4,14-15H2,1-3H3,(H,31,32). The fourth-order valence-electron chi connectivity index (χ4n) is 3.07. The Morgan fingerprint density at radius 2 is 1.65 bits per heavy atom. The molecule has 0 aliphatic heterocycles. The number of anilines is 2. The van der Waals surface area contributed by atoms with Gasteiger partial charge in [-0.05, 0) is 82.5 Å². The number of hydrogen-bond donors (Lipinski definition) is 2. The second-order valence-corrected chi connectivity index (χ2v) is 9.62. The molecule has 3 aromatic carbocycles. The number of benzene rings is 3. The van der Waals surface area contributed by atoms with Crippen molar-refractivity contribution in [3.63, 3.8) is 0 Å². The Morgan fingerprint density at radius 1 is 0.941 bits per heavy atom. The lowest BCUT2D eigenvalue weighted by atomic mass is 10.1. The quantitative estimate of drug-likeness (QED) is 0.262. The third-order valence-corrected chi connectivity index (χ3v) is 6.24. The van der Waals surface area contributed by atoms with Crippen molar-refractivity contribution in [3.05, 3.63) is 80.2 Å². The summed E-state index contributed by atoms with van der Waals surface area (Å²) < 4.78 is 12.7. The van der Waals surface area contributed by atoms with Gasteiger partial charge < -0.3 is 20.1 Å². The molecule has 5 nitrogen and oxygen atoms in total. The highest BCUT2D eigenvalue weighted by atomic mass is 79.9. The summed E-state index contributed by atoms with van der Waals surface area (Å²) in [5, 5.41) is 7.28. The molecular weight excluding hydrogens is 539 g/mol. The van der Waals surface area contributed by atoms with Gasteiger partial charge in [-0.3, -0.25) is 4.79 Å². The molecule has 0 atom stereocenters. The average molecular weight is 566 g/mol. The predicted molar refractivity (Wildman–Crippen MR) is 143 cm³/mol. The van der Waals surface area contributed by atoms with Gasteiger partial charge in [0, 0.05) is 23.8 Å². The maximum Gasteiger partial charge on any atom is 0.226 e. The van der Waals surface area contributed by atoms with E-state index in [0.717, 1.165) is 27.0 Å². The van der Waals surface area contributed by atoms with Gasteiger partial charge in [-0.15, -0.1) is 0 Å². The summed E-state index contributed by atoms with van der Waals surface area (Å²) in [7, 11) is 0. The van der Waals surface area contributed by atoms with Crippen LogP contribution in [0.25, 0.3) is 0 Å². The molecule has 0 spiro atoms. The van der Waals surface area contributed by atoms with E-state index in [2.05, 4.69) is 26.6 Å². The SMILES string of the molecule is CCOc1cc(CNc2ccc(NC(=O)C(C)C)cc2)cc(Br)c1OCc1ccc(Cl)c(Cl)c1. The zero-order chi connectivity index (χ0) is 24.7. The van der Waals surface area contributed by atoms with Crippen LogP contribution < -0.4 is 20.1 Å². The Labute approximate surface area is 218 Å². The number of carbonyl (C=O) groups is 1. The van der Waals surface area contributed by atoms with Gasteiger partial charge in [0.15, 0.2) is 11.5 Å². The largest absolute Gasteiger partial charge is 0.490 e. The van der Waals surface area contributed by atoms with Gasteiger partial charge >= 0.3 is 0 Å². The van der Waals surface area contributed by atoms with Crippen LogP contribution in [0.2, 0.25) is 10.0 Å².